The number of ether oxygens (including phenoxy) is 1. The summed E-state index contributed by atoms with van der Waals surface area (Å²) < 4.78 is 6.77. The van der Waals surface area contributed by atoms with E-state index in [2.05, 4.69) is 26.5 Å². The van der Waals surface area contributed by atoms with Gasteiger partial charge in [0.05, 0.1) is 18.8 Å². The molecule has 3 spiro atoms. The fourth-order valence-corrected chi connectivity index (χ4v) is 9.90. The van der Waals surface area contributed by atoms with Crippen molar-refractivity contribution in [3.05, 3.63) is 24.3 Å². The molecule has 2 N–H and O–H groups in total. The molecule has 7 aliphatic rings. The normalized spacial score (nSPS) is 58.1. The third-order valence-corrected chi connectivity index (χ3v) is 10.5. The van der Waals surface area contributed by atoms with Gasteiger partial charge in [-0.1, -0.05) is 40.3 Å². The van der Waals surface area contributed by atoms with Crippen LogP contribution in [0.4, 0.5) is 0 Å². The summed E-state index contributed by atoms with van der Waals surface area (Å²) in [6, 6.07) is 0. The number of rotatable bonds is 0. The lowest BCUT2D eigenvalue weighted by atomic mass is 9.30. The van der Waals surface area contributed by atoms with Gasteiger partial charge in [-0.15, -0.1) is 0 Å². The van der Waals surface area contributed by atoms with Crippen LogP contribution in [0.3, 0.4) is 0 Å². The molecule has 2 aliphatic heterocycles. The number of hydrogen-bond donors (Lipinski definition) is 2. The highest BCUT2D eigenvalue weighted by molar-refractivity contribution is 5.96. The van der Waals surface area contributed by atoms with E-state index in [9.17, 15) is 15.0 Å². The molecule has 0 amide bonds. The summed E-state index contributed by atoms with van der Waals surface area (Å²) in [6.45, 7) is 13.5. The van der Waals surface area contributed by atoms with E-state index in [1.165, 1.54) is 0 Å². The first-order valence-electron chi connectivity index (χ1n) is 11.4. The highest BCUT2D eigenvalue weighted by Crippen LogP contribution is 2.82. The van der Waals surface area contributed by atoms with E-state index < -0.39 is 34.1 Å². The zero-order valence-electron chi connectivity index (χ0n) is 18.1. The van der Waals surface area contributed by atoms with Gasteiger partial charge in [0.15, 0.2) is 5.78 Å². The smallest absolute Gasteiger partial charge is 0.161 e. The average Bonchev–Trinajstić information content (AvgIpc) is 2.75. The van der Waals surface area contributed by atoms with Crippen LogP contribution < -0.4 is 0 Å². The second-order valence-corrected chi connectivity index (χ2v) is 12.4. The van der Waals surface area contributed by atoms with E-state index >= 15 is 0 Å². The Kier molecular flexibility index (Phi) is 3.18. The molecule has 5 aliphatic carbocycles. The van der Waals surface area contributed by atoms with Gasteiger partial charge in [-0.2, -0.15) is 0 Å². The van der Waals surface area contributed by atoms with Crippen LogP contribution in [-0.4, -0.2) is 40.4 Å². The topological polar surface area (TPSA) is 66.8 Å². The molecule has 6 fully saturated rings. The molecular weight excluding hydrogens is 364 g/mol. The molecule has 7 rings (SSSR count). The van der Waals surface area contributed by atoms with Gasteiger partial charge in [-0.3, -0.25) is 4.79 Å². The Balaban J connectivity index is 1.68. The Hall–Kier alpha value is -0.970. The Morgan fingerprint density at radius 2 is 1.90 bits per heavy atom. The van der Waals surface area contributed by atoms with E-state index in [1.807, 2.05) is 13.8 Å². The van der Waals surface area contributed by atoms with Crippen molar-refractivity contribution < 1.29 is 19.7 Å². The van der Waals surface area contributed by atoms with Crippen LogP contribution in [-0.2, 0) is 9.53 Å². The molecule has 4 saturated carbocycles. The van der Waals surface area contributed by atoms with Crippen LogP contribution in [0, 0.1) is 45.3 Å². The molecule has 2 saturated heterocycles. The van der Waals surface area contributed by atoms with Crippen molar-refractivity contribution >= 4 is 5.78 Å². The number of ketones is 1. The largest absolute Gasteiger partial charge is 0.390 e. The van der Waals surface area contributed by atoms with Crippen molar-refractivity contribution in [3.63, 3.8) is 0 Å². The maximum atomic E-state index is 12.9. The Morgan fingerprint density at radius 1 is 1.17 bits per heavy atom. The zero-order chi connectivity index (χ0) is 20.8. The Morgan fingerprint density at radius 3 is 2.62 bits per heavy atom. The van der Waals surface area contributed by atoms with E-state index in [0.717, 1.165) is 31.3 Å². The van der Waals surface area contributed by atoms with Crippen LogP contribution in [0.2, 0.25) is 0 Å². The van der Waals surface area contributed by atoms with E-state index in [1.54, 1.807) is 6.08 Å². The first kappa shape index (κ1) is 18.8. The number of carbonyl (C=O) groups excluding carboxylic acids is 1. The maximum Gasteiger partial charge on any atom is 0.161 e. The van der Waals surface area contributed by atoms with Crippen molar-refractivity contribution in [2.45, 2.75) is 71.2 Å². The summed E-state index contributed by atoms with van der Waals surface area (Å²) in [5.74, 6) is 0.734. The molecule has 29 heavy (non-hydrogen) atoms. The fraction of sp³-hybridized carbons (Fsp3) is 0.800. The molecule has 4 bridgehead atoms. The molecule has 0 radical (unpaired) electrons. The van der Waals surface area contributed by atoms with Gasteiger partial charge >= 0.3 is 0 Å². The van der Waals surface area contributed by atoms with E-state index in [4.69, 9.17) is 4.74 Å². The van der Waals surface area contributed by atoms with Gasteiger partial charge in [-0.25, -0.2) is 0 Å². The first-order chi connectivity index (χ1) is 13.5. The molecule has 4 nitrogen and oxygen atoms in total. The second-order valence-electron chi connectivity index (χ2n) is 12.4. The van der Waals surface area contributed by atoms with Gasteiger partial charge in [-0.05, 0) is 60.5 Å². The van der Waals surface area contributed by atoms with E-state index in [-0.39, 0.29) is 29.0 Å². The molecule has 158 valence electrons. The molecular formula is C25H34O4. The number of hydrogen-bond acceptors (Lipinski definition) is 4. The number of aliphatic hydroxyl groups is 2. The van der Waals surface area contributed by atoms with Crippen molar-refractivity contribution in [2.24, 2.45) is 45.3 Å². The summed E-state index contributed by atoms with van der Waals surface area (Å²) >= 11 is 0. The number of carbonyl (C=O) groups is 1. The van der Waals surface area contributed by atoms with Crippen LogP contribution >= 0.6 is 0 Å². The quantitative estimate of drug-likeness (QED) is 0.615. The maximum absolute atomic E-state index is 12.9. The molecule has 0 aromatic rings. The summed E-state index contributed by atoms with van der Waals surface area (Å²) in [5, 5.41) is 23.8. The minimum absolute atomic E-state index is 0.00955. The lowest BCUT2D eigenvalue weighted by Crippen LogP contribution is -2.84. The van der Waals surface area contributed by atoms with Gasteiger partial charge in [0.1, 0.15) is 5.60 Å². The monoisotopic (exact) mass is 398 g/mol. The SMILES string of the molecule is C=C1C(O)[C@@]23[C@@H]4CC(C)(C)C[C@]25OC[C@]2(C=CC(=O)C(C)(C)[C@H]2[C@@H]5O)[C@@H]3CC[C@@H]14. The summed E-state index contributed by atoms with van der Waals surface area (Å²) in [5.41, 5.74) is -1.36. The van der Waals surface area contributed by atoms with Crippen molar-refractivity contribution in [1.82, 2.24) is 0 Å². The Bertz CT molecular complexity index is 870. The van der Waals surface area contributed by atoms with Gasteiger partial charge < -0.3 is 14.9 Å². The van der Waals surface area contributed by atoms with Crippen LogP contribution in [0.25, 0.3) is 0 Å². The predicted octanol–water partition coefficient (Wildman–Crippen LogP) is 3.28. The van der Waals surface area contributed by atoms with Crippen molar-refractivity contribution in [3.8, 4) is 0 Å². The van der Waals surface area contributed by atoms with Crippen molar-refractivity contribution in [2.75, 3.05) is 6.61 Å². The Labute approximate surface area is 173 Å². The van der Waals surface area contributed by atoms with Gasteiger partial charge in [0.25, 0.3) is 0 Å². The molecule has 0 aromatic carbocycles. The van der Waals surface area contributed by atoms with Crippen LogP contribution in [0.5, 0.6) is 0 Å². The number of allylic oxidation sites excluding steroid dienone is 1. The zero-order valence-corrected chi connectivity index (χ0v) is 18.1. The highest BCUT2D eigenvalue weighted by atomic mass is 16.5. The lowest BCUT2D eigenvalue weighted by molar-refractivity contribution is -0.402. The van der Waals surface area contributed by atoms with Crippen molar-refractivity contribution in [1.29, 1.82) is 0 Å². The molecule has 2 heterocycles. The minimum Gasteiger partial charge on any atom is -0.390 e. The van der Waals surface area contributed by atoms with Gasteiger partial charge in [0, 0.05) is 22.2 Å². The fourth-order valence-electron chi connectivity index (χ4n) is 9.90. The molecule has 1 unspecified atom stereocenters. The first-order valence-corrected chi connectivity index (χ1v) is 11.4. The third kappa shape index (κ3) is 1.66. The standard InChI is InChI=1S/C25H34O4/c1-13-14-6-7-16-23-9-8-17(26)22(4,5)18(23)20(28)24(29-12-23)11-21(2,3)10-15(14)25(16,24)19(13)27/h8-9,14-16,18-20,27-28H,1,6-7,10-12H2,2-5H3/t14-,15+,16-,18+,19?,20-,23+,24+,25-/m0/s1. The second kappa shape index (κ2) is 4.92. The highest BCUT2D eigenvalue weighted by Gasteiger charge is 2.86. The molecule has 0 aromatic heterocycles. The summed E-state index contributed by atoms with van der Waals surface area (Å²) in [7, 11) is 0. The minimum atomic E-state index is -0.809. The number of fused-ring (bicyclic) bond motifs is 1. The number of aliphatic hydroxyl groups excluding tert-OH is 2. The van der Waals surface area contributed by atoms with Gasteiger partial charge in [0.2, 0.25) is 0 Å². The molecule has 4 heteroatoms. The summed E-state index contributed by atoms with van der Waals surface area (Å²) in [4.78, 5) is 12.9. The molecule has 9 atom stereocenters. The lowest BCUT2D eigenvalue weighted by Gasteiger charge is -2.78. The third-order valence-electron chi connectivity index (χ3n) is 10.5. The van der Waals surface area contributed by atoms with Crippen LogP contribution in [0.15, 0.2) is 24.3 Å². The average molecular weight is 399 g/mol. The predicted molar refractivity (Wildman–Crippen MR) is 109 cm³/mol. The summed E-state index contributed by atoms with van der Waals surface area (Å²) in [6.07, 6.45) is 6.24. The van der Waals surface area contributed by atoms with Crippen LogP contribution in [0.1, 0.15) is 53.4 Å². The van der Waals surface area contributed by atoms with E-state index in [0.29, 0.717) is 12.5 Å².